The topological polar surface area (TPSA) is 340 Å². The van der Waals surface area contributed by atoms with Gasteiger partial charge < -0.3 is 59.8 Å². The number of phenols is 1. The van der Waals surface area contributed by atoms with Crippen LogP contribution in [0.3, 0.4) is 0 Å². The number of esters is 4. The molecule has 81 heavy (non-hydrogen) atoms. The summed E-state index contributed by atoms with van der Waals surface area (Å²) >= 11 is 0. The normalized spacial score (nSPS) is 20.3. The number of ether oxygens (including phenoxy) is 4. The van der Waals surface area contributed by atoms with Gasteiger partial charge in [-0.15, -0.1) is 12.4 Å². The van der Waals surface area contributed by atoms with Crippen molar-refractivity contribution in [3.05, 3.63) is 85.7 Å². The van der Waals surface area contributed by atoms with Gasteiger partial charge in [0.2, 0.25) is 11.7 Å². The number of primary amides is 1. The quantitative estimate of drug-likeness (QED) is 0.0964. The number of nitrogens with zero attached hydrogens (tertiary/aromatic N) is 4. The van der Waals surface area contributed by atoms with E-state index in [-0.39, 0.29) is 94.6 Å². The fraction of sp³-hybridized carbons (Fsp3) is 0.393. The molecule has 3 amide bonds. The number of Topliss-reactive ketones (excluding diaryl/α,β-unsaturated/α-hetero) is 3. The summed E-state index contributed by atoms with van der Waals surface area (Å²) in [5, 5.41) is 46.0. The van der Waals surface area contributed by atoms with Gasteiger partial charge in [0.1, 0.15) is 39.9 Å². The zero-order chi connectivity index (χ0) is 59.6. The molecular formula is C56H63ClN6O18. The molecule has 0 heterocycles. The minimum absolute atomic E-state index is 0. The maximum atomic E-state index is 14.6. The molecule has 0 unspecified atom stereocenters. The second kappa shape index (κ2) is 22.9. The summed E-state index contributed by atoms with van der Waals surface area (Å²) in [5.74, 6) is -14.0. The zero-order valence-corrected chi connectivity index (χ0v) is 47.5. The highest BCUT2D eigenvalue weighted by molar-refractivity contribution is 6.25. The molecule has 0 radical (unpaired) electrons. The van der Waals surface area contributed by atoms with Crippen molar-refractivity contribution in [2.75, 3.05) is 71.1 Å². The van der Waals surface area contributed by atoms with E-state index in [1.54, 1.807) is 59.3 Å². The Labute approximate surface area is 471 Å². The first-order valence-electron chi connectivity index (χ1n) is 25.0. The van der Waals surface area contributed by atoms with Crippen molar-refractivity contribution in [3.63, 3.8) is 0 Å². The fourth-order valence-corrected chi connectivity index (χ4v) is 11.7. The monoisotopic (exact) mass is 1140 g/mol. The summed E-state index contributed by atoms with van der Waals surface area (Å²) in [7, 11) is 13.6. The van der Waals surface area contributed by atoms with Gasteiger partial charge in [-0.3, -0.25) is 58.2 Å². The number of imide groups is 1. The minimum Gasteiger partial charge on any atom is -0.508 e. The number of aliphatic hydroxyl groups excluding tert-OH is 2. The van der Waals surface area contributed by atoms with E-state index in [1.807, 2.05) is 23.9 Å². The van der Waals surface area contributed by atoms with Gasteiger partial charge in [-0.25, -0.2) is 0 Å². The molecule has 0 bridgehead atoms. The van der Waals surface area contributed by atoms with Crippen LogP contribution in [0.2, 0.25) is 0 Å². The number of halogens is 1. The van der Waals surface area contributed by atoms with Gasteiger partial charge in [-0.1, -0.05) is 0 Å². The van der Waals surface area contributed by atoms with Gasteiger partial charge >= 0.3 is 23.9 Å². The predicted molar refractivity (Wildman–Crippen MR) is 293 cm³/mol. The highest BCUT2D eigenvalue weighted by Gasteiger charge is 2.64. The molecule has 25 heteroatoms. The molecule has 5 aliphatic rings. The molecule has 5 atom stereocenters. The number of carbonyl (C=O) groups is 10. The van der Waals surface area contributed by atoms with Crippen molar-refractivity contribution in [2.24, 2.45) is 23.5 Å². The van der Waals surface area contributed by atoms with E-state index in [0.29, 0.717) is 22.4 Å². The van der Waals surface area contributed by atoms with Crippen molar-refractivity contribution in [3.8, 4) is 23.0 Å². The summed E-state index contributed by atoms with van der Waals surface area (Å²) in [6.07, 6.45) is 0.606. The number of rotatable bonds is 10. The van der Waals surface area contributed by atoms with E-state index in [0.717, 1.165) is 33.4 Å². The smallest absolute Gasteiger partial charge is 0.308 e. The van der Waals surface area contributed by atoms with E-state index in [2.05, 4.69) is 5.32 Å². The highest BCUT2D eigenvalue weighted by Crippen LogP contribution is 2.56. The van der Waals surface area contributed by atoms with Gasteiger partial charge in [0, 0.05) is 105 Å². The number of anilines is 3. The van der Waals surface area contributed by atoms with Crippen LogP contribution < -0.4 is 40.0 Å². The lowest BCUT2D eigenvalue weighted by molar-refractivity contribution is -0.154. The van der Waals surface area contributed by atoms with Crippen molar-refractivity contribution in [1.82, 2.24) is 10.2 Å². The maximum absolute atomic E-state index is 14.6. The van der Waals surface area contributed by atoms with Crippen molar-refractivity contribution in [1.29, 1.82) is 0 Å². The number of nitrogens with two attached hydrogens (primary N) is 1. The van der Waals surface area contributed by atoms with Crippen LogP contribution in [-0.2, 0) is 62.4 Å². The number of nitrogens with one attached hydrogen (secondary N) is 1. The van der Waals surface area contributed by atoms with Crippen LogP contribution in [-0.4, -0.2) is 152 Å². The van der Waals surface area contributed by atoms with Gasteiger partial charge in [-0.2, -0.15) is 0 Å². The number of aliphatic hydroxyl groups is 3. The molecule has 1 saturated carbocycles. The predicted octanol–water partition coefficient (Wildman–Crippen LogP) is 3.21. The summed E-state index contributed by atoms with van der Waals surface area (Å²) < 4.78 is 22.3. The first-order valence-corrected chi connectivity index (χ1v) is 25.0. The number of ketones is 3. The molecule has 5 aliphatic carbocycles. The first kappa shape index (κ1) is 61.6. The molecule has 3 aromatic carbocycles. The third-order valence-corrected chi connectivity index (χ3v) is 14.5. The van der Waals surface area contributed by atoms with Crippen LogP contribution in [0.4, 0.5) is 17.1 Å². The molecule has 0 spiro atoms. The number of likely N-dealkylation sites (N-methyl/N-ethyl adjacent to an activating group) is 1. The lowest BCUT2D eigenvalue weighted by atomic mass is 9.57. The zero-order valence-electron chi connectivity index (χ0n) is 46.7. The third-order valence-electron chi connectivity index (χ3n) is 14.5. The first-order chi connectivity index (χ1) is 37.3. The number of allylic oxidation sites excluding steroid dienone is 1. The summed E-state index contributed by atoms with van der Waals surface area (Å²) in [5.41, 5.74) is 4.43. The van der Waals surface area contributed by atoms with Crippen molar-refractivity contribution < 1.29 is 87.3 Å². The Balaban J connectivity index is 0.000000273. The molecule has 0 saturated heterocycles. The van der Waals surface area contributed by atoms with E-state index in [1.165, 1.54) is 24.0 Å². The SMILES string of the molecule is CC(=O)NC(=O)c1c(OC(C)=O)c2c(c(N(C)C)c1OC(C)=O)C[C@@H]1Cc3c(N(C)C)ccc(OC(C)=O)c3C(=O)C1=C2OC(C)=O.CN(C)c1ccc(O)c2c1C[C@H]1C[C@H]3[C@H](N(C)C)C(=O)C(C(N)=O)=C(O)[C@@]3(O)C(=O)C1=C2O.Cl. The van der Waals surface area contributed by atoms with Crippen LogP contribution in [0, 0.1) is 17.8 Å². The Hall–Kier alpha value is -8.61. The minimum atomic E-state index is -2.63. The van der Waals surface area contributed by atoms with E-state index >= 15 is 0 Å². The van der Waals surface area contributed by atoms with Gasteiger partial charge in [0.05, 0.1) is 28.4 Å². The number of benzene rings is 3. The number of carbonyl (C=O) groups excluding carboxylic acids is 10. The van der Waals surface area contributed by atoms with Crippen LogP contribution in [0.5, 0.6) is 23.0 Å². The molecule has 24 nitrogen and oxygen atoms in total. The molecule has 0 aliphatic heterocycles. The van der Waals surface area contributed by atoms with E-state index in [4.69, 9.17) is 24.7 Å². The van der Waals surface area contributed by atoms with Crippen LogP contribution in [0.15, 0.2) is 46.7 Å². The lowest BCUT2D eigenvalue weighted by Gasteiger charge is -2.50. The van der Waals surface area contributed by atoms with Gasteiger partial charge in [0.25, 0.3) is 11.8 Å². The number of fused-ring (bicyclic) bond motifs is 6. The average Bonchev–Trinajstić information content (AvgIpc) is 3.49. The second-order valence-electron chi connectivity index (χ2n) is 20.8. The number of aromatic hydroxyl groups is 1. The van der Waals surface area contributed by atoms with Crippen molar-refractivity contribution >= 4 is 99.9 Å². The molecule has 7 N–H and O–H groups in total. The number of phenolic OH excluding ortho intramolecular Hbond substituents is 1. The fourth-order valence-electron chi connectivity index (χ4n) is 11.7. The van der Waals surface area contributed by atoms with Crippen LogP contribution in [0.25, 0.3) is 11.5 Å². The maximum Gasteiger partial charge on any atom is 0.308 e. The number of hydrogen-bond acceptors (Lipinski definition) is 22. The Morgan fingerprint density at radius 3 is 1.67 bits per heavy atom. The Morgan fingerprint density at radius 2 is 1.16 bits per heavy atom. The third kappa shape index (κ3) is 10.7. The Bertz CT molecular complexity index is 3410. The molecular weight excluding hydrogens is 1080 g/mol. The molecule has 1 fully saturated rings. The average molecular weight is 1140 g/mol. The van der Waals surface area contributed by atoms with Crippen LogP contribution in [0.1, 0.15) is 89.6 Å². The van der Waals surface area contributed by atoms with Gasteiger partial charge in [-0.05, 0) is 92.6 Å². The number of hydrogen-bond donors (Lipinski definition) is 6. The highest BCUT2D eigenvalue weighted by atomic mass is 35.5. The number of amides is 3. The van der Waals surface area contributed by atoms with E-state index in [9.17, 15) is 68.4 Å². The second-order valence-corrected chi connectivity index (χ2v) is 20.8. The van der Waals surface area contributed by atoms with Crippen LogP contribution >= 0.6 is 12.4 Å². The van der Waals surface area contributed by atoms with Gasteiger partial charge in [0.15, 0.2) is 28.7 Å². The standard InChI is InChI=1S/C33H35N3O11.C23H27N3O7.ClH/c1-14(37)34-33(43)27-31(46-17(4)40)26-21(28(36(8)9)32(27)47-18(5)41)13-19-12-20-22(35(6)7)10-11-23(44-15(2)38)25(20)29(42)24(19)30(26)45-16(3)39;1-25(2)12-5-6-13(27)15-10(12)7-9-8-11-17(26(3)4)19(29)16(22(24)32)21(31)23(11,33)20(30)14(9)18(15)28;/h10-11,19H,12-13H2,1-9H3,(H,34,37,43);5-6,9,11,17,27-28,31,33H,7-8H2,1-4H3,(H2,24,32);1H/t19-;9-,11-,17-,23-;/m00./s1. The molecule has 0 aromatic heterocycles. The Kier molecular flexibility index (Phi) is 17.4. The Morgan fingerprint density at radius 1 is 0.642 bits per heavy atom. The summed E-state index contributed by atoms with van der Waals surface area (Å²) in [6, 6.07) is 5.24. The molecule has 8 rings (SSSR count). The summed E-state index contributed by atoms with van der Waals surface area (Å²) in [4.78, 5) is 135. The van der Waals surface area contributed by atoms with Crippen molar-refractivity contribution in [2.45, 2.75) is 71.9 Å². The van der Waals surface area contributed by atoms with E-state index < -0.39 is 117 Å². The molecule has 3 aromatic rings. The molecule has 432 valence electrons. The largest absolute Gasteiger partial charge is 0.508 e. The lowest BCUT2D eigenvalue weighted by Crippen LogP contribution is -2.65. The summed E-state index contributed by atoms with van der Waals surface area (Å²) in [6.45, 7) is 5.56.